The lowest BCUT2D eigenvalue weighted by molar-refractivity contribution is 0.628. The predicted octanol–water partition coefficient (Wildman–Crippen LogP) is 2.92. The summed E-state index contributed by atoms with van der Waals surface area (Å²) in [6, 6.07) is 16.9. The molecule has 0 aliphatic rings. The lowest BCUT2D eigenvalue weighted by Gasteiger charge is -2.10. The van der Waals surface area contributed by atoms with Crippen LogP contribution in [-0.4, -0.2) is 7.28 Å². The van der Waals surface area contributed by atoms with Crippen molar-refractivity contribution >= 4 is 12.7 Å². The summed E-state index contributed by atoms with van der Waals surface area (Å²) in [5, 5.41) is 0. The first-order valence-corrected chi connectivity index (χ1v) is 5.41. The number of rotatable bonds is 3. The van der Waals surface area contributed by atoms with Crippen molar-refractivity contribution in [2.45, 2.75) is 12.7 Å². The Morgan fingerprint density at radius 1 is 0.938 bits per heavy atom. The highest BCUT2D eigenvalue weighted by Crippen LogP contribution is 2.12. The number of benzene rings is 2. The van der Waals surface area contributed by atoms with Gasteiger partial charge in [0.05, 0.1) is 0 Å². The van der Waals surface area contributed by atoms with Crippen LogP contribution in [-0.2, 0) is 0 Å². The summed E-state index contributed by atoms with van der Waals surface area (Å²) in [7, 11) is 2.13. The van der Waals surface area contributed by atoms with Gasteiger partial charge in [-0.15, -0.1) is 0 Å². The first-order chi connectivity index (χ1) is 7.75. The van der Waals surface area contributed by atoms with E-state index in [1.807, 2.05) is 18.2 Å². The SMILES string of the molecule is CC([B]c1ccc(F)cc1)c1ccccc1. The molecule has 2 rings (SSSR count). The molecule has 2 aromatic rings. The quantitative estimate of drug-likeness (QED) is 0.684. The average Bonchev–Trinajstić information content (AvgIpc) is 2.33. The molecule has 0 N–H and O–H groups in total. The fourth-order valence-electron chi connectivity index (χ4n) is 1.72. The van der Waals surface area contributed by atoms with E-state index < -0.39 is 0 Å². The van der Waals surface area contributed by atoms with Crippen LogP contribution in [0.25, 0.3) is 0 Å². The Morgan fingerprint density at radius 3 is 2.19 bits per heavy atom. The van der Waals surface area contributed by atoms with E-state index in [1.165, 1.54) is 17.7 Å². The lowest BCUT2D eigenvalue weighted by atomic mass is 9.58. The van der Waals surface area contributed by atoms with Crippen molar-refractivity contribution in [3.8, 4) is 0 Å². The zero-order chi connectivity index (χ0) is 11.4. The Bertz CT molecular complexity index is 436. The molecule has 0 saturated carbocycles. The van der Waals surface area contributed by atoms with E-state index in [4.69, 9.17) is 0 Å². The van der Waals surface area contributed by atoms with Crippen molar-refractivity contribution in [3.63, 3.8) is 0 Å². The van der Waals surface area contributed by atoms with Crippen molar-refractivity contribution in [1.82, 2.24) is 0 Å². The van der Waals surface area contributed by atoms with E-state index >= 15 is 0 Å². The van der Waals surface area contributed by atoms with Crippen LogP contribution >= 0.6 is 0 Å². The molecule has 16 heavy (non-hydrogen) atoms. The van der Waals surface area contributed by atoms with Crippen LogP contribution in [0.3, 0.4) is 0 Å². The van der Waals surface area contributed by atoms with E-state index in [-0.39, 0.29) is 5.82 Å². The molecular weight excluding hydrogens is 198 g/mol. The van der Waals surface area contributed by atoms with Crippen LogP contribution in [0, 0.1) is 5.82 Å². The zero-order valence-corrected chi connectivity index (χ0v) is 9.23. The molecule has 0 aliphatic heterocycles. The minimum Gasteiger partial charge on any atom is -0.207 e. The maximum Gasteiger partial charge on any atom is 0.160 e. The van der Waals surface area contributed by atoms with Crippen LogP contribution < -0.4 is 5.46 Å². The molecule has 0 bridgehead atoms. The van der Waals surface area contributed by atoms with Crippen LogP contribution in [0.5, 0.6) is 0 Å². The van der Waals surface area contributed by atoms with Crippen molar-refractivity contribution in [2.75, 3.05) is 0 Å². The second-order valence-corrected chi connectivity index (χ2v) is 3.92. The third-order valence-corrected chi connectivity index (χ3v) is 2.64. The molecule has 1 radical (unpaired) electrons. The predicted molar refractivity (Wildman–Crippen MR) is 66.6 cm³/mol. The molecule has 0 heterocycles. The van der Waals surface area contributed by atoms with Gasteiger partial charge in [0, 0.05) is 0 Å². The molecule has 0 fully saturated rings. The maximum atomic E-state index is 12.7. The summed E-state index contributed by atoms with van der Waals surface area (Å²) in [6.07, 6.45) is 0. The first kappa shape index (κ1) is 10.9. The first-order valence-electron chi connectivity index (χ1n) is 5.41. The minimum atomic E-state index is -0.190. The second-order valence-electron chi connectivity index (χ2n) is 3.92. The molecule has 0 aromatic heterocycles. The minimum absolute atomic E-state index is 0.190. The van der Waals surface area contributed by atoms with Gasteiger partial charge in [-0.1, -0.05) is 60.4 Å². The molecular formula is C14H13BF. The zero-order valence-electron chi connectivity index (χ0n) is 9.23. The molecule has 0 aliphatic carbocycles. The maximum absolute atomic E-state index is 12.7. The van der Waals surface area contributed by atoms with Gasteiger partial charge in [-0.2, -0.15) is 0 Å². The van der Waals surface area contributed by atoms with E-state index in [2.05, 4.69) is 26.3 Å². The largest absolute Gasteiger partial charge is 0.207 e. The Balaban J connectivity index is 2.08. The monoisotopic (exact) mass is 211 g/mol. The molecule has 2 aromatic carbocycles. The average molecular weight is 211 g/mol. The van der Waals surface area contributed by atoms with Crippen molar-refractivity contribution in [3.05, 3.63) is 66.0 Å². The molecule has 0 nitrogen and oxygen atoms in total. The van der Waals surface area contributed by atoms with Gasteiger partial charge in [-0.25, -0.2) is 4.39 Å². The van der Waals surface area contributed by atoms with Gasteiger partial charge < -0.3 is 0 Å². The molecule has 1 atom stereocenters. The number of hydrogen-bond acceptors (Lipinski definition) is 0. The van der Waals surface area contributed by atoms with Crippen molar-refractivity contribution in [2.24, 2.45) is 0 Å². The summed E-state index contributed by atoms with van der Waals surface area (Å²) in [6.45, 7) is 2.14. The van der Waals surface area contributed by atoms with Gasteiger partial charge in [0.1, 0.15) is 5.82 Å². The Morgan fingerprint density at radius 2 is 1.56 bits per heavy atom. The number of halogens is 1. The topological polar surface area (TPSA) is 0 Å². The summed E-state index contributed by atoms with van der Waals surface area (Å²) < 4.78 is 12.7. The van der Waals surface area contributed by atoms with E-state index in [1.54, 1.807) is 12.1 Å². The Labute approximate surface area is 96.4 Å². The lowest BCUT2D eigenvalue weighted by Crippen LogP contribution is -2.19. The van der Waals surface area contributed by atoms with Crippen LogP contribution in [0.15, 0.2) is 54.6 Å². The third-order valence-electron chi connectivity index (χ3n) is 2.64. The fraction of sp³-hybridized carbons (Fsp3) is 0.143. The van der Waals surface area contributed by atoms with Crippen molar-refractivity contribution in [1.29, 1.82) is 0 Å². The summed E-state index contributed by atoms with van der Waals surface area (Å²) in [5.41, 5.74) is 2.32. The molecule has 0 amide bonds. The second kappa shape index (κ2) is 4.97. The highest BCUT2D eigenvalue weighted by Gasteiger charge is 2.07. The van der Waals surface area contributed by atoms with Crippen LogP contribution in [0.4, 0.5) is 4.39 Å². The number of hydrogen-bond donors (Lipinski definition) is 0. The van der Waals surface area contributed by atoms with Gasteiger partial charge in [-0.05, 0) is 17.9 Å². The van der Waals surface area contributed by atoms with Gasteiger partial charge >= 0.3 is 0 Å². The summed E-state index contributed by atoms with van der Waals surface area (Å²) in [4.78, 5) is 0. The molecule has 1 unspecified atom stereocenters. The van der Waals surface area contributed by atoms with Gasteiger partial charge in [0.2, 0.25) is 0 Å². The summed E-state index contributed by atoms with van der Waals surface area (Å²) >= 11 is 0. The fourth-order valence-corrected chi connectivity index (χ4v) is 1.72. The summed E-state index contributed by atoms with van der Waals surface area (Å²) in [5.74, 6) is 0.149. The van der Waals surface area contributed by atoms with Crippen LogP contribution in [0.1, 0.15) is 18.3 Å². The standard InChI is InChI=1S/C14H13BF/c1-11(12-5-3-2-4-6-12)15-13-7-9-14(16)10-8-13/h2-11H,1H3. The smallest absolute Gasteiger partial charge is 0.160 e. The Hall–Kier alpha value is -1.57. The van der Waals surface area contributed by atoms with E-state index in [9.17, 15) is 4.39 Å². The highest BCUT2D eigenvalue weighted by molar-refractivity contribution is 6.54. The Kier molecular flexibility index (Phi) is 3.40. The molecule has 2 heteroatoms. The van der Waals surface area contributed by atoms with Crippen LogP contribution in [0.2, 0.25) is 0 Å². The molecule has 0 saturated heterocycles. The van der Waals surface area contributed by atoms with Gasteiger partial charge in [-0.3, -0.25) is 0 Å². The third kappa shape index (κ3) is 2.72. The normalized spacial score (nSPS) is 12.1. The van der Waals surface area contributed by atoms with Gasteiger partial charge in [0.25, 0.3) is 0 Å². The van der Waals surface area contributed by atoms with E-state index in [0.29, 0.717) is 5.82 Å². The highest BCUT2D eigenvalue weighted by atomic mass is 19.1. The van der Waals surface area contributed by atoms with Gasteiger partial charge in [0.15, 0.2) is 7.28 Å². The molecule has 79 valence electrons. The van der Waals surface area contributed by atoms with Crippen molar-refractivity contribution < 1.29 is 4.39 Å². The van der Waals surface area contributed by atoms with E-state index in [0.717, 1.165) is 5.46 Å². The molecule has 0 spiro atoms.